The van der Waals surface area contributed by atoms with E-state index in [-0.39, 0.29) is 48.3 Å². The van der Waals surface area contributed by atoms with Crippen molar-refractivity contribution in [3.63, 3.8) is 0 Å². The number of amides is 4. The Morgan fingerprint density at radius 3 is 2.40 bits per heavy atom. The molecule has 1 saturated heterocycles. The number of hydrogen-bond donors (Lipinski definition) is 1. The van der Waals surface area contributed by atoms with Crippen LogP contribution in [0.3, 0.4) is 0 Å². The highest BCUT2D eigenvalue weighted by molar-refractivity contribution is 6.04. The second-order valence-electron chi connectivity index (χ2n) is 16.3. The Morgan fingerprint density at radius 2 is 1.75 bits per heavy atom. The number of methoxy groups -OCH3 is 1. The van der Waals surface area contributed by atoms with Crippen molar-refractivity contribution in [3.8, 4) is 5.75 Å². The molecule has 0 spiro atoms. The van der Waals surface area contributed by atoms with Crippen LogP contribution in [0, 0.1) is 17.3 Å². The molecule has 1 aromatic carbocycles. The smallest absolute Gasteiger partial charge is 0.410 e. The van der Waals surface area contributed by atoms with Crippen molar-refractivity contribution >= 4 is 35.2 Å². The third kappa shape index (κ3) is 8.09. The monoisotopic (exact) mass is 668 g/mol. The summed E-state index contributed by atoms with van der Waals surface area (Å²) in [6, 6.07) is 5.63. The predicted octanol–water partition coefficient (Wildman–Crippen LogP) is 5.68. The zero-order valence-corrected chi connectivity index (χ0v) is 30.2. The molecule has 3 fully saturated rings. The van der Waals surface area contributed by atoms with E-state index in [0.717, 1.165) is 38.5 Å². The van der Waals surface area contributed by atoms with Gasteiger partial charge in [0.2, 0.25) is 11.8 Å². The highest BCUT2D eigenvalue weighted by Gasteiger charge is 2.46. The number of nitrogens with one attached hydrogen (secondary N) is 1. The van der Waals surface area contributed by atoms with Gasteiger partial charge in [-0.25, -0.2) is 4.79 Å². The van der Waals surface area contributed by atoms with Gasteiger partial charge in [-0.3, -0.25) is 14.4 Å². The first-order chi connectivity index (χ1) is 22.5. The van der Waals surface area contributed by atoms with Gasteiger partial charge in [0, 0.05) is 51.1 Å². The van der Waals surface area contributed by atoms with E-state index in [1.54, 1.807) is 25.9 Å². The number of carbonyl (C=O) groups is 4. The first-order valence-corrected chi connectivity index (χ1v) is 17.8. The van der Waals surface area contributed by atoms with Crippen LogP contribution in [-0.2, 0) is 23.9 Å². The lowest BCUT2D eigenvalue weighted by atomic mass is 9.73. The summed E-state index contributed by atoms with van der Waals surface area (Å²) in [5, 5.41) is 3.31. The third-order valence-corrected chi connectivity index (χ3v) is 10.2. The fraction of sp³-hybridized carbons (Fsp3) is 0.730. The summed E-state index contributed by atoms with van der Waals surface area (Å²) in [5.74, 6) is -0.962. The van der Waals surface area contributed by atoms with Gasteiger partial charge in [0.05, 0.1) is 17.5 Å². The van der Waals surface area contributed by atoms with Gasteiger partial charge in [-0.15, -0.1) is 0 Å². The van der Waals surface area contributed by atoms with E-state index in [1.165, 1.54) is 4.90 Å². The van der Waals surface area contributed by atoms with Crippen LogP contribution in [0.1, 0.15) is 99.8 Å². The van der Waals surface area contributed by atoms with Crippen LogP contribution < -0.4 is 19.9 Å². The molecule has 2 aliphatic carbocycles. The number of benzene rings is 1. The lowest BCUT2D eigenvalue weighted by Crippen LogP contribution is -2.56. The zero-order valence-electron chi connectivity index (χ0n) is 30.2. The lowest BCUT2D eigenvalue weighted by Gasteiger charge is -2.42. The van der Waals surface area contributed by atoms with Crippen LogP contribution in [0.25, 0.3) is 0 Å². The minimum Gasteiger partial charge on any atom is -0.476 e. The summed E-state index contributed by atoms with van der Waals surface area (Å²) in [6.07, 6.45) is 6.35. The molecule has 11 heteroatoms. The molecule has 266 valence electrons. The van der Waals surface area contributed by atoms with Crippen LogP contribution in [0.5, 0.6) is 5.75 Å². The minimum atomic E-state index is -1.02. The largest absolute Gasteiger partial charge is 0.476 e. The van der Waals surface area contributed by atoms with Crippen LogP contribution >= 0.6 is 0 Å². The number of anilines is 2. The highest BCUT2D eigenvalue weighted by Crippen LogP contribution is 2.43. The van der Waals surface area contributed by atoms with Crippen LogP contribution in [0.15, 0.2) is 18.2 Å². The molecule has 2 aliphatic heterocycles. The van der Waals surface area contributed by atoms with Gasteiger partial charge in [-0.1, -0.05) is 26.7 Å². The standard InChI is InChI=1S/C37H56N4O7/c1-35(2,3)48-34(45)39-22-24(31(42)38-30-12-9-10-17-36(30,4)5)20-25(23-39)32(43)41(26-13-14-26)27-15-16-29-28(21-27)40(18-11-19-46-8)33(44)37(6,7)47-29/h15-16,21,24-26,30H,9-14,17-20,22-23H2,1-8H3,(H,38,42)/t24-,25+,30-/m0/s1. The van der Waals surface area contributed by atoms with Crippen LogP contribution in [0.2, 0.25) is 0 Å². The van der Waals surface area contributed by atoms with Gasteiger partial charge in [-0.05, 0) is 96.8 Å². The molecule has 2 heterocycles. The molecule has 0 unspecified atom stereocenters. The molecule has 4 amide bonds. The molecule has 0 bridgehead atoms. The fourth-order valence-electron chi connectivity index (χ4n) is 7.34. The molecule has 1 aromatic rings. The van der Waals surface area contributed by atoms with Gasteiger partial charge in [-0.2, -0.15) is 0 Å². The minimum absolute atomic E-state index is 0.00126. The van der Waals surface area contributed by atoms with E-state index in [1.807, 2.05) is 43.9 Å². The molecule has 1 N–H and O–H groups in total. The van der Waals surface area contributed by atoms with E-state index in [2.05, 4.69) is 19.2 Å². The summed E-state index contributed by atoms with van der Waals surface area (Å²) in [6.45, 7) is 14.7. The van der Waals surface area contributed by atoms with Crippen LogP contribution in [-0.4, -0.2) is 85.4 Å². The quantitative estimate of drug-likeness (QED) is 0.337. The Balaban J connectivity index is 1.43. The molecule has 48 heavy (non-hydrogen) atoms. The van der Waals surface area contributed by atoms with E-state index < -0.39 is 29.1 Å². The summed E-state index contributed by atoms with van der Waals surface area (Å²) in [7, 11) is 1.64. The lowest BCUT2D eigenvalue weighted by molar-refractivity contribution is -0.133. The number of carbonyl (C=O) groups excluding carboxylic acids is 4. The van der Waals surface area contributed by atoms with E-state index >= 15 is 0 Å². The second-order valence-corrected chi connectivity index (χ2v) is 16.3. The predicted molar refractivity (Wildman–Crippen MR) is 184 cm³/mol. The molecule has 0 aromatic heterocycles. The molecule has 5 rings (SSSR count). The van der Waals surface area contributed by atoms with Gasteiger partial charge in [0.1, 0.15) is 11.4 Å². The number of rotatable bonds is 9. The van der Waals surface area contributed by atoms with Crippen molar-refractivity contribution < 1.29 is 33.4 Å². The number of likely N-dealkylation sites (tertiary alicyclic amines) is 1. The maximum Gasteiger partial charge on any atom is 0.410 e. The highest BCUT2D eigenvalue weighted by atomic mass is 16.6. The zero-order chi connectivity index (χ0) is 35.0. The first-order valence-electron chi connectivity index (χ1n) is 17.8. The Labute approximate surface area is 286 Å². The van der Waals surface area contributed by atoms with Gasteiger partial charge in [0.25, 0.3) is 5.91 Å². The molecule has 2 saturated carbocycles. The topological polar surface area (TPSA) is 118 Å². The van der Waals surface area contributed by atoms with Crippen LogP contribution in [0.4, 0.5) is 16.2 Å². The molecule has 3 atom stereocenters. The van der Waals surface area contributed by atoms with Crippen molar-refractivity contribution in [1.82, 2.24) is 10.2 Å². The van der Waals surface area contributed by atoms with Gasteiger partial charge < -0.3 is 34.2 Å². The van der Waals surface area contributed by atoms with Gasteiger partial charge in [0.15, 0.2) is 5.60 Å². The Bertz CT molecular complexity index is 1380. The normalized spacial score (nSPS) is 25.1. The van der Waals surface area contributed by atoms with Crippen molar-refractivity contribution in [2.75, 3.05) is 43.2 Å². The first kappa shape index (κ1) is 36.0. The Kier molecular flexibility index (Phi) is 10.4. The number of hydrogen-bond acceptors (Lipinski definition) is 7. The average molecular weight is 669 g/mol. The SMILES string of the molecule is COCCCN1C(=O)C(C)(C)Oc2ccc(N(C(=O)[C@@H]3C[C@H](C(=O)N[C@H]4CCCCC4(C)C)CN(C(=O)OC(C)(C)C)C3)C3CC3)cc21. The molecule has 11 nitrogen and oxygen atoms in total. The van der Waals surface area contributed by atoms with Crippen molar-refractivity contribution in [2.24, 2.45) is 17.3 Å². The second kappa shape index (κ2) is 13.9. The molecule has 0 radical (unpaired) electrons. The van der Waals surface area contributed by atoms with Crippen molar-refractivity contribution in [3.05, 3.63) is 18.2 Å². The average Bonchev–Trinajstić information content (AvgIpc) is 3.84. The summed E-state index contributed by atoms with van der Waals surface area (Å²) in [4.78, 5) is 60.5. The molecular formula is C37H56N4O7. The van der Waals surface area contributed by atoms with Crippen molar-refractivity contribution in [2.45, 2.75) is 123 Å². The molecular weight excluding hydrogens is 612 g/mol. The summed E-state index contributed by atoms with van der Waals surface area (Å²) < 4.78 is 17.1. The summed E-state index contributed by atoms with van der Waals surface area (Å²) >= 11 is 0. The maximum atomic E-state index is 14.6. The van der Waals surface area contributed by atoms with Crippen molar-refractivity contribution in [1.29, 1.82) is 0 Å². The Morgan fingerprint density at radius 1 is 1.04 bits per heavy atom. The third-order valence-electron chi connectivity index (χ3n) is 10.2. The van der Waals surface area contributed by atoms with E-state index in [0.29, 0.717) is 43.1 Å². The summed E-state index contributed by atoms with van der Waals surface area (Å²) in [5.41, 5.74) is -0.463. The van der Waals surface area contributed by atoms with Gasteiger partial charge >= 0.3 is 6.09 Å². The number of ether oxygens (including phenoxy) is 3. The van der Waals surface area contributed by atoms with E-state index in [4.69, 9.17) is 14.2 Å². The number of piperidine rings is 1. The Hall–Kier alpha value is -3.34. The number of nitrogens with zero attached hydrogens (tertiary/aromatic N) is 3. The number of fused-ring (bicyclic) bond motifs is 1. The van der Waals surface area contributed by atoms with E-state index in [9.17, 15) is 19.2 Å². The fourth-order valence-corrected chi connectivity index (χ4v) is 7.34. The maximum absolute atomic E-state index is 14.6. The molecule has 4 aliphatic rings.